The number of hydrogen-bond donors (Lipinski definition) is 2. The van der Waals surface area contributed by atoms with Crippen LogP contribution in [0.15, 0.2) is 47.4 Å². The Kier molecular flexibility index (Phi) is 8.14. The fourth-order valence-electron chi connectivity index (χ4n) is 3.18. The summed E-state index contributed by atoms with van der Waals surface area (Å²) >= 11 is 5.82. The molecule has 2 aromatic rings. The van der Waals surface area contributed by atoms with Crippen LogP contribution in [0.2, 0.25) is 5.02 Å². The molecule has 1 atom stereocenters. The van der Waals surface area contributed by atoms with Crippen LogP contribution < -0.4 is 20.1 Å². The van der Waals surface area contributed by atoms with Gasteiger partial charge in [0.1, 0.15) is 6.23 Å². The van der Waals surface area contributed by atoms with Crippen molar-refractivity contribution in [1.29, 1.82) is 0 Å². The molecule has 2 N–H and O–H groups in total. The van der Waals surface area contributed by atoms with Crippen molar-refractivity contribution in [3.05, 3.63) is 53.1 Å². The zero-order valence-electron chi connectivity index (χ0n) is 18.0. The van der Waals surface area contributed by atoms with E-state index >= 15 is 0 Å². The van der Waals surface area contributed by atoms with Crippen molar-refractivity contribution in [1.82, 2.24) is 14.9 Å². The number of sulfonamides is 1. The Hall–Kier alpha value is -2.86. The highest BCUT2D eigenvalue weighted by atomic mass is 35.5. The first kappa shape index (κ1) is 24.8. The van der Waals surface area contributed by atoms with Crippen LogP contribution in [0.3, 0.4) is 0 Å². The van der Waals surface area contributed by atoms with Crippen molar-refractivity contribution in [3.8, 4) is 11.5 Å². The summed E-state index contributed by atoms with van der Waals surface area (Å²) in [5.41, 5.74) is 0.770. The van der Waals surface area contributed by atoms with E-state index in [1.807, 2.05) is 0 Å². The summed E-state index contributed by atoms with van der Waals surface area (Å²) in [5, 5.41) is 5.47. The molecule has 1 unspecified atom stereocenters. The van der Waals surface area contributed by atoms with Gasteiger partial charge in [0.25, 0.3) is 0 Å². The molecule has 0 bridgehead atoms. The number of amides is 2. The summed E-state index contributed by atoms with van der Waals surface area (Å²) < 4.78 is 43.2. The van der Waals surface area contributed by atoms with E-state index in [2.05, 4.69) is 10.6 Å². The van der Waals surface area contributed by atoms with Crippen LogP contribution in [-0.2, 0) is 30.9 Å². The van der Waals surface area contributed by atoms with Crippen molar-refractivity contribution in [2.75, 3.05) is 33.9 Å². The van der Waals surface area contributed by atoms with Gasteiger partial charge in [0.05, 0.1) is 32.3 Å². The number of nitrogens with one attached hydrogen (secondary N) is 2. The number of carbonyl (C=O) groups excluding carboxylic acids is 2. The largest absolute Gasteiger partial charge is 0.493 e. The second kappa shape index (κ2) is 10.8. The Morgan fingerprint density at radius 3 is 2.39 bits per heavy atom. The van der Waals surface area contributed by atoms with E-state index in [1.54, 1.807) is 24.3 Å². The van der Waals surface area contributed by atoms with Gasteiger partial charge in [-0.15, -0.1) is 0 Å². The lowest BCUT2D eigenvalue weighted by Crippen LogP contribution is -2.47. The van der Waals surface area contributed by atoms with Gasteiger partial charge >= 0.3 is 11.8 Å². The second-order valence-corrected chi connectivity index (χ2v) is 9.30. The lowest BCUT2D eigenvalue weighted by molar-refractivity contribution is -0.139. The Morgan fingerprint density at radius 1 is 1.06 bits per heavy atom. The molecule has 1 aliphatic heterocycles. The monoisotopic (exact) mass is 497 g/mol. The maximum atomic E-state index is 13.1. The molecular weight excluding hydrogens is 474 g/mol. The summed E-state index contributed by atoms with van der Waals surface area (Å²) in [6.45, 7) is 0.193. The van der Waals surface area contributed by atoms with Gasteiger partial charge in [0.15, 0.2) is 11.5 Å². The number of nitrogens with zero attached hydrogens (tertiary/aromatic N) is 1. The van der Waals surface area contributed by atoms with Gasteiger partial charge in [-0.1, -0.05) is 23.7 Å². The maximum Gasteiger partial charge on any atom is 0.309 e. The molecule has 2 aromatic carbocycles. The Morgan fingerprint density at radius 2 is 1.73 bits per heavy atom. The highest BCUT2D eigenvalue weighted by Gasteiger charge is 2.37. The first-order chi connectivity index (χ1) is 15.8. The molecule has 0 aromatic heterocycles. The molecule has 2 amide bonds. The van der Waals surface area contributed by atoms with E-state index in [-0.39, 0.29) is 36.9 Å². The number of hydrogen-bond acceptors (Lipinski definition) is 7. The third kappa shape index (κ3) is 5.93. The first-order valence-corrected chi connectivity index (χ1v) is 11.7. The highest BCUT2D eigenvalue weighted by Crippen LogP contribution is 2.31. The molecule has 0 spiro atoms. The van der Waals surface area contributed by atoms with Gasteiger partial charge in [-0.2, -0.15) is 4.31 Å². The number of benzene rings is 2. The van der Waals surface area contributed by atoms with E-state index in [0.717, 1.165) is 9.87 Å². The van der Waals surface area contributed by atoms with Crippen LogP contribution in [0.5, 0.6) is 11.5 Å². The third-order valence-corrected chi connectivity index (χ3v) is 7.05. The standard InChI is InChI=1S/C21H24ClN3O7S/c1-30-17-8-7-16(11-18(17)31-2)33(28,29)25-9-10-32-19(25)13-24-21(27)20(26)23-12-14-3-5-15(22)6-4-14/h3-8,11,19H,9-10,12-13H2,1-2H3,(H,23,26)(H,24,27). The van der Waals surface area contributed by atoms with Gasteiger partial charge in [-0.3, -0.25) is 9.59 Å². The lowest BCUT2D eigenvalue weighted by atomic mass is 10.2. The highest BCUT2D eigenvalue weighted by molar-refractivity contribution is 7.89. The quantitative estimate of drug-likeness (QED) is 0.524. The predicted octanol–water partition coefficient (Wildman–Crippen LogP) is 1.14. The SMILES string of the molecule is COc1ccc(S(=O)(=O)N2CCOC2CNC(=O)C(=O)NCc2ccc(Cl)cc2)cc1OC. The number of carbonyl (C=O) groups is 2. The Bertz CT molecular complexity index is 1110. The number of rotatable bonds is 8. The zero-order valence-corrected chi connectivity index (χ0v) is 19.6. The minimum absolute atomic E-state index is 0.0114. The molecule has 1 fully saturated rings. The first-order valence-electron chi connectivity index (χ1n) is 9.92. The fourth-order valence-corrected chi connectivity index (χ4v) is 4.83. The second-order valence-electron chi connectivity index (χ2n) is 6.98. The Balaban J connectivity index is 1.60. The van der Waals surface area contributed by atoms with Crippen LogP contribution in [0.1, 0.15) is 5.56 Å². The summed E-state index contributed by atoms with van der Waals surface area (Å²) in [7, 11) is -1.10. The van der Waals surface area contributed by atoms with Gasteiger partial charge in [-0.25, -0.2) is 8.42 Å². The molecule has 12 heteroatoms. The minimum atomic E-state index is -3.95. The summed E-state index contributed by atoms with van der Waals surface area (Å²) in [4.78, 5) is 24.2. The van der Waals surface area contributed by atoms with E-state index in [9.17, 15) is 18.0 Å². The van der Waals surface area contributed by atoms with Crippen LogP contribution in [0.4, 0.5) is 0 Å². The topological polar surface area (TPSA) is 123 Å². The van der Waals surface area contributed by atoms with Crippen LogP contribution in [-0.4, -0.2) is 64.7 Å². The summed E-state index contributed by atoms with van der Waals surface area (Å²) in [6, 6.07) is 11.0. The number of methoxy groups -OCH3 is 2. The fraction of sp³-hybridized carbons (Fsp3) is 0.333. The van der Waals surface area contributed by atoms with Gasteiger partial charge in [-0.05, 0) is 29.8 Å². The van der Waals surface area contributed by atoms with Crippen molar-refractivity contribution in [3.63, 3.8) is 0 Å². The summed E-state index contributed by atoms with van der Waals surface area (Å²) in [5.74, 6) is -1.09. The number of ether oxygens (including phenoxy) is 3. The molecule has 0 aliphatic carbocycles. The molecule has 1 heterocycles. The zero-order chi connectivity index (χ0) is 24.0. The molecule has 0 saturated carbocycles. The lowest BCUT2D eigenvalue weighted by Gasteiger charge is -2.23. The summed E-state index contributed by atoms with van der Waals surface area (Å²) in [6.07, 6.45) is -0.962. The average Bonchev–Trinajstić information content (AvgIpc) is 3.31. The van der Waals surface area contributed by atoms with Crippen LogP contribution in [0, 0.1) is 0 Å². The maximum absolute atomic E-state index is 13.1. The van der Waals surface area contributed by atoms with Crippen LogP contribution >= 0.6 is 11.6 Å². The average molecular weight is 498 g/mol. The van der Waals surface area contributed by atoms with Gasteiger partial charge in [0, 0.05) is 24.2 Å². The van der Waals surface area contributed by atoms with Gasteiger partial charge < -0.3 is 24.8 Å². The van der Waals surface area contributed by atoms with Gasteiger partial charge in [0.2, 0.25) is 10.0 Å². The minimum Gasteiger partial charge on any atom is -0.493 e. The Labute approximate surface area is 196 Å². The van der Waals surface area contributed by atoms with Crippen molar-refractivity contribution >= 4 is 33.4 Å². The van der Waals surface area contributed by atoms with Crippen molar-refractivity contribution in [2.45, 2.75) is 17.7 Å². The third-order valence-electron chi connectivity index (χ3n) is 4.91. The smallest absolute Gasteiger partial charge is 0.309 e. The molecule has 1 saturated heterocycles. The van der Waals surface area contributed by atoms with E-state index in [4.69, 9.17) is 25.8 Å². The molecular formula is C21H24ClN3O7S. The molecule has 0 radical (unpaired) electrons. The van der Waals surface area contributed by atoms with E-state index in [1.165, 1.54) is 32.4 Å². The molecule has 33 heavy (non-hydrogen) atoms. The molecule has 178 valence electrons. The van der Waals surface area contributed by atoms with Crippen LogP contribution in [0.25, 0.3) is 0 Å². The predicted molar refractivity (Wildman–Crippen MR) is 119 cm³/mol. The van der Waals surface area contributed by atoms with E-state index < -0.39 is 28.1 Å². The molecule has 3 rings (SSSR count). The van der Waals surface area contributed by atoms with E-state index in [0.29, 0.717) is 10.8 Å². The van der Waals surface area contributed by atoms with Crippen molar-refractivity contribution < 1.29 is 32.2 Å². The van der Waals surface area contributed by atoms with Crippen molar-refractivity contribution in [2.24, 2.45) is 0 Å². The molecule has 1 aliphatic rings. The number of halogens is 1. The normalized spacial score (nSPS) is 16.3. The molecule has 10 nitrogen and oxygen atoms in total.